The molecule has 0 aromatic heterocycles. The first-order valence-electron chi connectivity index (χ1n) is 7.31. The summed E-state index contributed by atoms with van der Waals surface area (Å²) in [4.78, 5) is 12.3. The van der Waals surface area contributed by atoms with E-state index in [0.717, 1.165) is 12.0 Å². The maximum atomic E-state index is 12.3. The molecule has 0 spiro atoms. The molecule has 3 atom stereocenters. The summed E-state index contributed by atoms with van der Waals surface area (Å²) in [6.07, 6.45) is 4.29. The second-order valence-corrected chi connectivity index (χ2v) is 6.09. The molecule has 0 heterocycles. The zero-order chi connectivity index (χ0) is 13.8. The van der Waals surface area contributed by atoms with Crippen LogP contribution in [0.25, 0.3) is 0 Å². The Morgan fingerprint density at radius 2 is 1.95 bits per heavy atom. The second-order valence-electron chi connectivity index (χ2n) is 6.09. The number of Topliss-reactive ketones (excluding diaryl/α,β-unsaturated/α-hetero) is 1. The highest BCUT2D eigenvalue weighted by atomic mass is 16.1. The van der Waals surface area contributed by atoms with Crippen LogP contribution in [0.4, 0.5) is 0 Å². The fourth-order valence-corrected chi connectivity index (χ4v) is 3.13. The molecule has 1 aliphatic carbocycles. The molecule has 0 radical (unpaired) electrons. The van der Waals surface area contributed by atoms with Crippen molar-refractivity contribution < 1.29 is 4.79 Å². The predicted octanol–water partition coefficient (Wildman–Crippen LogP) is 4.89. The van der Waals surface area contributed by atoms with E-state index >= 15 is 0 Å². The van der Waals surface area contributed by atoms with E-state index < -0.39 is 0 Å². The van der Waals surface area contributed by atoms with Crippen LogP contribution in [0.15, 0.2) is 42.5 Å². The highest BCUT2D eigenvalue weighted by Gasteiger charge is 2.29. The number of carbonyl (C=O) groups excluding carboxylic acids is 1. The van der Waals surface area contributed by atoms with Gasteiger partial charge in [0.1, 0.15) is 0 Å². The van der Waals surface area contributed by atoms with Gasteiger partial charge in [0.05, 0.1) is 0 Å². The average molecular weight is 256 g/mol. The Morgan fingerprint density at radius 1 is 1.26 bits per heavy atom. The van der Waals surface area contributed by atoms with Gasteiger partial charge in [-0.15, -0.1) is 0 Å². The number of benzene rings is 1. The molecular weight excluding hydrogens is 232 g/mol. The zero-order valence-electron chi connectivity index (χ0n) is 12.1. The number of ketones is 1. The summed E-state index contributed by atoms with van der Waals surface area (Å²) >= 11 is 0. The van der Waals surface area contributed by atoms with Crippen LogP contribution in [-0.2, 0) is 0 Å². The molecule has 1 fully saturated rings. The number of carbonyl (C=O) groups is 1. The second kappa shape index (κ2) is 6.18. The average Bonchev–Trinajstić information content (AvgIpc) is 2.42. The molecule has 102 valence electrons. The molecule has 1 heteroatoms. The molecule has 1 aromatic rings. The first-order valence-corrected chi connectivity index (χ1v) is 7.31. The molecule has 0 aliphatic heterocycles. The molecule has 2 rings (SSSR count). The fraction of sp³-hybridized carbons (Fsp3) is 0.500. The Bertz CT molecular complexity index is 446. The number of hydrogen-bond acceptors (Lipinski definition) is 1. The zero-order valence-corrected chi connectivity index (χ0v) is 12.1. The Hall–Kier alpha value is -1.37. The molecule has 1 aromatic carbocycles. The SMILES string of the molecule is C=C(C)C1CC[C@@H](C)C(CC(=O)c2ccccc2)C1. The van der Waals surface area contributed by atoms with Gasteiger partial charge in [-0.3, -0.25) is 4.79 Å². The Labute approximate surface area is 116 Å². The maximum absolute atomic E-state index is 12.3. The van der Waals surface area contributed by atoms with Gasteiger partial charge in [-0.25, -0.2) is 0 Å². The molecule has 0 saturated heterocycles. The molecule has 19 heavy (non-hydrogen) atoms. The minimum Gasteiger partial charge on any atom is -0.294 e. The van der Waals surface area contributed by atoms with Gasteiger partial charge in [-0.05, 0) is 43.9 Å². The van der Waals surface area contributed by atoms with E-state index in [1.54, 1.807) is 0 Å². The monoisotopic (exact) mass is 256 g/mol. The summed E-state index contributed by atoms with van der Waals surface area (Å²) in [6.45, 7) is 8.50. The fourth-order valence-electron chi connectivity index (χ4n) is 3.13. The van der Waals surface area contributed by atoms with Gasteiger partial charge in [0, 0.05) is 12.0 Å². The highest BCUT2D eigenvalue weighted by Crippen LogP contribution is 2.38. The van der Waals surface area contributed by atoms with E-state index in [2.05, 4.69) is 20.4 Å². The Morgan fingerprint density at radius 3 is 2.58 bits per heavy atom. The lowest BCUT2D eigenvalue weighted by Gasteiger charge is -2.34. The standard InChI is InChI=1S/C18H24O/c1-13(2)16-10-9-14(3)17(11-16)12-18(19)15-7-5-4-6-8-15/h4-8,14,16-17H,1,9-12H2,2-3H3/t14-,16?,17?/m1/s1. The van der Waals surface area contributed by atoms with Crippen molar-refractivity contribution in [1.29, 1.82) is 0 Å². The van der Waals surface area contributed by atoms with Crippen molar-refractivity contribution in [2.45, 2.75) is 39.5 Å². The van der Waals surface area contributed by atoms with Crippen LogP contribution in [0.3, 0.4) is 0 Å². The van der Waals surface area contributed by atoms with Crippen molar-refractivity contribution in [2.24, 2.45) is 17.8 Å². The van der Waals surface area contributed by atoms with Crippen LogP contribution >= 0.6 is 0 Å². The summed E-state index contributed by atoms with van der Waals surface area (Å²) < 4.78 is 0. The molecule has 0 bridgehead atoms. The van der Waals surface area contributed by atoms with Gasteiger partial charge in [-0.1, -0.05) is 49.4 Å². The van der Waals surface area contributed by atoms with E-state index in [4.69, 9.17) is 0 Å². The van der Waals surface area contributed by atoms with Gasteiger partial charge in [0.25, 0.3) is 0 Å². The minimum atomic E-state index is 0.291. The molecule has 1 nitrogen and oxygen atoms in total. The van der Waals surface area contributed by atoms with Gasteiger partial charge in [0.2, 0.25) is 0 Å². The van der Waals surface area contributed by atoms with Crippen LogP contribution in [0.1, 0.15) is 49.9 Å². The largest absolute Gasteiger partial charge is 0.294 e. The van der Waals surface area contributed by atoms with Crippen LogP contribution in [-0.4, -0.2) is 5.78 Å². The first-order chi connectivity index (χ1) is 9.08. The highest BCUT2D eigenvalue weighted by molar-refractivity contribution is 5.96. The van der Waals surface area contributed by atoms with E-state index in [9.17, 15) is 4.79 Å². The van der Waals surface area contributed by atoms with Gasteiger partial charge in [-0.2, -0.15) is 0 Å². The Kier molecular flexibility index (Phi) is 4.57. The molecule has 0 amide bonds. The summed E-state index contributed by atoms with van der Waals surface area (Å²) in [5.74, 6) is 2.08. The third kappa shape index (κ3) is 3.56. The normalized spacial score (nSPS) is 26.9. The summed E-state index contributed by atoms with van der Waals surface area (Å²) in [6, 6.07) is 9.68. The third-order valence-electron chi connectivity index (χ3n) is 4.60. The molecule has 2 unspecified atom stereocenters. The quantitative estimate of drug-likeness (QED) is 0.554. The van der Waals surface area contributed by atoms with Crippen molar-refractivity contribution in [1.82, 2.24) is 0 Å². The van der Waals surface area contributed by atoms with Crippen LogP contribution in [0.2, 0.25) is 0 Å². The lowest BCUT2D eigenvalue weighted by molar-refractivity contribution is 0.0913. The van der Waals surface area contributed by atoms with Gasteiger partial charge >= 0.3 is 0 Å². The molecule has 1 aliphatic rings. The number of hydrogen-bond donors (Lipinski definition) is 0. The lowest BCUT2D eigenvalue weighted by Crippen LogP contribution is -2.25. The van der Waals surface area contributed by atoms with E-state index in [1.165, 1.54) is 18.4 Å². The van der Waals surface area contributed by atoms with Crippen LogP contribution < -0.4 is 0 Å². The van der Waals surface area contributed by atoms with Crippen molar-refractivity contribution in [3.8, 4) is 0 Å². The topological polar surface area (TPSA) is 17.1 Å². The number of rotatable bonds is 4. The lowest BCUT2D eigenvalue weighted by atomic mass is 9.71. The predicted molar refractivity (Wildman–Crippen MR) is 80.2 cm³/mol. The van der Waals surface area contributed by atoms with E-state index in [1.807, 2.05) is 30.3 Å². The van der Waals surface area contributed by atoms with E-state index in [-0.39, 0.29) is 0 Å². The molecule has 1 saturated carbocycles. The summed E-state index contributed by atoms with van der Waals surface area (Å²) in [7, 11) is 0. The van der Waals surface area contributed by atoms with Gasteiger partial charge in [0.15, 0.2) is 5.78 Å². The van der Waals surface area contributed by atoms with Crippen LogP contribution in [0.5, 0.6) is 0 Å². The first kappa shape index (κ1) is 14.0. The Balaban J connectivity index is 2.01. The molecular formula is C18H24O. The summed E-state index contributed by atoms with van der Waals surface area (Å²) in [5, 5.41) is 0. The maximum Gasteiger partial charge on any atom is 0.163 e. The smallest absolute Gasteiger partial charge is 0.163 e. The molecule has 0 N–H and O–H groups in total. The van der Waals surface area contributed by atoms with Crippen molar-refractivity contribution in [3.63, 3.8) is 0 Å². The summed E-state index contributed by atoms with van der Waals surface area (Å²) in [5.41, 5.74) is 2.14. The number of allylic oxidation sites excluding steroid dienone is 1. The van der Waals surface area contributed by atoms with E-state index in [0.29, 0.717) is 30.0 Å². The van der Waals surface area contributed by atoms with Crippen LogP contribution in [0, 0.1) is 17.8 Å². The van der Waals surface area contributed by atoms with Crippen molar-refractivity contribution in [2.75, 3.05) is 0 Å². The minimum absolute atomic E-state index is 0.291. The third-order valence-corrected chi connectivity index (χ3v) is 4.60. The van der Waals surface area contributed by atoms with Crippen molar-refractivity contribution >= 4 is 5.78 Å². The van der Waals surface area contributed by atoms with Crippen molar-refractivity contribution in [3.05, 3.63) is 48.0 Å². The van der Waals surface area contributed by atoms with Gasteiger partial charge < -0.3 is 0 Å².